The van der Waals surface area contributed by atoms with Gasteiger partial charge in [-0.1, -0.05) is 25.1 Å². The van der Waals surface area contributed by atoms with Crippen molar-refractivity contribution in [1.82, 2.24) is 5.32 Å². The second-order valence-corrected chi connectivity index (χ2v) is 6.56. The summed E-state index contributed by atoms with van der Waals surface area (Å²) in [6, 6.07) is 9.39. The number of hydrogen-bond donors (Lipinski definition) is 2. The molecule has 0 heterocycles. The van der Waals surface area contributed by atoms with Gasteiger partial charge in [0.1, 0.15) is 5.75 Å². The van der Waals surface area contributed by atoms with E-state index in [9.17, 15) is 27.9 Å². The summed E-state index contributed by atoms with van der Waals surface area (Å²) in [6.07, 6.45) is -3.69. The van der Waals surface area contributed by atoms with Crippen LogP contribution in [0.25, 0.3) is 0 Å². The van der Waals surface area contributed by atoms with Gasteiger partial charge in [0.2, 0.25) is 0 Å². The normalized spacial score (nSPS) is 12.3. The Morgan fingerprint density at radius 3 is 2.24 bits per heavy atom. The second-order valence-electron chi connectivity index (χ2n) is 6.56. The molecule has 8 heteroatoms. The van der Waals surface area contributed by atoms with Crippen molar-refractivity contribution in [3.05, 3.63) is 64.7 Å². The number of benzene rings is 2. The van der Waals surface area contributed by atoms with Crippen LogP contribution in [0, 0.1) is 5.92 Å². The maximum Gasteiger partial charge on any atom is 0.416 e. The van der Waals surface area contributed by atoms with E-state index in [2.05, 4.69) is 5.32 Å². The van der Waals surface area contributed by atoms with Crippen LogP contribution in [0.15, 0.2) is 42.5 Å². The number of rotatable bonds is 8. The summed E-state index contributed by atoms with van der Waals surface area (Å²) in [4.78, 5) is 23.8. The second kappa shape index (κ2) is 9.45. The molecule has 0 radical (unpaired) electrons. The topological polar surface area (TPSA) is 75.6 Å². The quantitative estimate of drug-likeness (QED) is 0.682. The number of carboxylic acid groups (broad SMARTS) is 1. The zero-order chi connectivity index (χ0) is 21.6. The molecule has 2 aromatic rings. The summed E-state index contributed by atoms with van der Waals surface area (Å²) < 4.78 is 43.1. The molecule has 0 fully saturated rings. The summed E-state index contributed by atoms with van der Waals surface area (Å²) in [5, 5.41) is 11.9. The number of nitrogens with one attached hydrogen (secondary N) is 1. The van der Waals surface area contributed by atoms with Gasteiger partial charge in [-0.05, 0) is 48.2 Å². The third kappa shape index (κ3) is 5.97. The van der Waals surface area contributed by atoms with E-state index in [-0.39, 0.29) is 18.5 Å². The van der Waals surface area contributed by atoms with E-state index in [4.69, 9.17) is 4.74 Å². The van der Waals surface area contributed by atoms with Crippen LogP contribution in [-0.2, 0) is 23.9 Å². The molecule has 2 aromatic carbocycles. The molecule has 0 spiro atoms. The van der Waals surface area contributed by atoms with Crippen LogP contribution in [0.1, 0.15) is 40.4 Å². The van der Waals surface area contributed by atoms with E-state index >= 15 is 0 Å². The minimum absolute atomic E-state index is 0.0388. The largest absolute Gasteiger partial charge is 0.496 e. The van der Waals surface area contributed by atoms with E-state index in [1.807, 2.05) is 0 Å². The third-order valence-electron chi connectivity index (χ3n) is 4.57. The smallest absolute Gasteiger partial charge is 0.416 e. The van der Waals surface area contributed by atoms with Crippen LogP contribution in [0.3, 0.4) is 0 Å². The number of alkyl halides is 3. The van der Waals surface area contributed by atoms with E-state index < -0.39 is 29.5 Å². The van der Waals surface area contributed by atoms with Gasteiger partial charge in [-0.15, -0.1) is 0 Å². The van der Waals surface area contributed by atoms with Crippen molar-refractivity contribution >= 4 is 11.9 Å². The average molecular weight is 409 g/mol. The standard InChI is InChI=1S/C21H22F3NO4/c1-3-15(20(27)28)10-14-6-9-18(29-2)17(11-14)19(26)25-12-13-4-7-16(8-5-13)21(22,23)24/h4-9,11,15H,3,10,12H2,1-2H3,(H,25,26)(H,27,28)/t15-/m0/s1. The Bertz CT molecular complexity index is 863. The highest BCUT2D eigenvalue weighted by molar-refractivity contribution is 5.97. The van der Waals surface area contributed by atoms with Crippen LogP contribution < -0.4 is 10.1 Å². The Labute approximate surface area is 166 Å². The Kier molecular flexibility index (Phi) is 7.25. The number of aliphatic carboxylic acids is 1. The molecular formula is C21H22F3NO4. The van der Waals surface area contributed by atoms with Gasteiger partial charge in [0.15, 0.2) is 0 Å². The van der Waals surface area contributed by atoms with Crippen molar-refractivity contribution in [3.8, 4) is 5.75 Å². The lowest BCUT2D eigenvalue weighted by Crippen LogP contribution is -2.24. The minimum Gasteiger partial charge on any atom is -0.496 e. The monoisotopic (exact) mass is 409 g/mol. The molecule has 0 aliphatic rings. The number of hydrogen-bond acceptors (Lipinski definition) is 3. The molecule has 29 heavy (non-hydrogen) atoms. The van der Waals surface area contributed by atoms with E-state index in [0.29, 0.717) is 23.3 Å². The highest BCUT2D eigenvalue weighted by Gasteiger charge is 2.29. The van der Waals surface area contributed by atoms with Gasteiger partial charge >= 0.3 is 12.1 Å². The molecular weight excluding hydrogens is 387 g/mol. The Morgan fingerprint density at radius 1 is 1.10 bits per heavy atom. The first kappa shape index (κ1) is 22.3. The molecule has 0 saturated heterocycles. The van der Waals surface area contributed by atoms with Gasteiger partial charge in [-0.25, -0.2) is 0 Å². The summed E-state index contributed by atoms with van der Waals surface area (Å²) >= 11 is 0. The molecule has 0 aliphatic heterocycles. The van der Waals surface area contributed by atoms with Crippen LogP contribution in [0.2, 0.25) is 0 Å². The molecule has 156 valence electrons. The van der Waals surface area contributed by atoms with Gasteiger partial charge < -0.3 is 15.2 Å². The molecule has 2 rings (SSSR count). The first-order valence-electron chi connectivity index (χ1n) is 8.99. The fraction of sp³-hybridized carbons (Fsp3) is 0.333. The number of ether oxygens (including phenoxy) is 1. The van der Waals surface area contributed by atoms with Gasteiger partial charge in [0.05, 0.1) is 24.2 Å². The third-order valence-corrected chi connectivity index (χ3v) is 4.57. The fourth-order valence-corrected chi connectivity index (χ4v) is 2.84. The van der Waals surface area contributed by atoms with Gasteiger partial charge in [0.25, 0.3) is 5.91 Å². The minimum atomic E-state index is -4.41. The van der Waals surface area contributed by atoms with Crippen LogP contribution in [0.4, 0.5) is 13.2 Å². The van der Waals surface area contributed by atoms with Crippen molar-refractivity contribution in [1.29, 1.82) is 0 Å². The molecule has 1 amide bonds. The molecule has 0 bridgehead atoms. The van der Waals surface area contributed by atoms with Crippen molar-refractivity contribution in [2.75, 3.05) is 7.11 Å². The van der Waals surface area contributed by atoms with Crippen molar-refractivity contribution in [2.45, 2.75) is 32.5 Å². The Morgan fingerprint density at radius 2 is 1.72 bits per heavy atom. The van der Waals surface area contributed by atoms with Gasteiger partial charge in [0, 0.05) is 6.54 Å². The lowest BCUT2D eigenvalue weighted by Gasteiger charge is -2.14. The maximum atomic E-state index is 12.6. The number of carbonyl (C=O) groups excluding carboxylic acids is 1. The van der Waals surface area contributed by atoms with Crippen LogP contribution in [0.5, 0.6) is 5.75 Å². The van der Waals surface area contributed by atoms with E-state index in [1.54, 1.807) is 25.1 Å². The first-order chi connectivity index (χ1) is 13.7. The SMILES string of the molecule is CC[C@@H](Cc1ccc(OC)c(C(=O)NCc2ccc(C(F)(F)F)cc2)c1)C(=O)O. The Hall–Kier alpha value is -3.03. The number of methoxy groups -OCH3 is 1. The zero-order valence-corrected chi connectivity index (χ0v) is 16.0. The molecule has 1 atom stereocenters. The van der Waals surface area contributed by atoms with Gasteiger partial charge in [-0.2, -0.15) is 13.2 Å². The van der Waals surface area contributed by atoms with E-state index in [0.717, 1.165) is 12.1 Å². The van der Waals surface area contributed by atoms with Gasteiger partial charge in [-0.3, -0.25) is 9.59 Å². The molecule has 2 N–H and O–H groups in total. The summed E-state index contributed by atoms with van der Waals surface area (Å²) in [6.45, 7) is 1.82. The maximum absolute atomic E-state index is 12.6. The first-order valence-corrected chi connectivity index (χ1v) is 8.99. The number of amides is 1. The van der Waals surface area contributed by atoms with E-state index in [1.165, 1.54) is 19.2 Å². The lowest BCUT2D eigenvalue weighted by molar-refractivity contribution is -0.141. The van der Waals surface area contributed by atoms with Crippen molar-refractivity contribution in [3.63, 3.8) is 0 Å². The predicted octanol–water partition coefficient (Wildman–Crippen LogP) is 4.30. The molecule has 5 nitrogen and oxygen atoms in total. The zero-order valence-electron chi connectivity index (χ0n) is 16.0. The Balaban J connectivity index is 2.12. The molecule has 0 aromatic heterocycles. The highest BCUT2D eigenvalue weighted by Crippen LogP contribution is 2.29. The summed E-state index contributed by atoms with van der Waals surface area (Å²) in [5.41, 5.74) is 0.668. The predicted molar refractivity (Wildman–Crippen MR) is 101 cm³/mol. The number of carboxylic acids is 1. The fourth-order valence-electron chi connectivity index (χ4n) is 2.84. The average Bonchev–Trinajstić information content (AvgIpc) is 2.69. The molecule has 0 saturated carbocycles. The number of carbonyl (C=O) groups is 2. The number of halogens is 3. The summed E-state index contributed by atoms with van der Waals surface area (Å²) in [5.74, 6) is -1.61. The lowest BCUT2D eigenvalue weighted by atomic mass is 9.95. The van der Waals surface area contributed by atoms with Crippen LogP contribution >= 0.6 is 0 Å². The van der Waals surface area contributed by atoms with Crippen molar-refractivity contribution in [2.24, 2.45) is 5.92 Å². The molecule has 0 unspecified atom stereocenters. The highest BCUT2D eigenvalue weighted by atomic mass is 19.4. The molecule has 0 aliphatic carbocycles. The summed E-state index contributed by atoms with van der Waals surface area (Å²) in [7, 11) is 1.41. The van der Waals surface area contributed by atoms with Crippen molar-refractivity contribution < 1.29 is 32.6 Å². The van der Waals surface area contributed by atoms with Crippen LogP contribution in [-0.4, -0.2) is 24.1 Å².